The molecule has 4 aromatic rings. The molecule has 2 heterocycles. The van der Waals surface area contributed by atoms with Gasteiger partial charge in [0.25, 0.3) is 0 Å². The molecule has 8 nitrogen and oxygen atoms in total. The van der Waals surface area contributed by atoms with Crippen LogP contribution >= 0.6 is 0 Å². The summed E-state index contributed by atoms with van der Waals surface area (Å²) in [6.45, 7) is 9.75. The van der Waals surface area contributed by atoms with E-state index >= 15 is 0 Å². The normalized spacial score (nSPS) is 11.4. The van der Waals surface area contributed by atoms with Crippen molar-refractivity contribution in [1.29, 1.82) is 0 Å². The van der Waals surface area contributed by atoms with Crippen LogP contribution in [0.3, 0.4) is 0 Å². The third-order valence-corrected chi connectivity index (χ3v) is 6.40. The molecule has 0 aliphatic carbocycles. The monoisotopic (exact) mass is 536 g/mol. The molecule has 0 bridgehead atoms. The van der Waals surface area contributed by atoms with Crippen molar-refractivity contribution in [2.24, 2.45) is 7.05 Å². The van der Waals surface area contributed by atoms with E-state index in [-0.39, 0.29) is 17.5 Å². The van der Waals surface area contributed by atoms with E-state index in [9.17, 15) is 13.6 Å². The van der Waals surface area contributed by atoms with Crippen LogP contribution in [0.1, 0.15) is 45.6 Å². The molecule has 0 aliphatic rings. The number of fused-ring (bicyclic) bond motifs is 1. The summed E-state index contributed by atoms with van der Waals surface area (Å²) in [6.07, 6.45) is 2.54. The van der Waals surface area contributed by atoms with Gasteiger partial charge in [0.2, 0.25) is 11.9 Å². The van der Waals surface area contributed by atoms with Gasteiger partial charge in [0.05, 0.1) is 23.3 Å². The predicted octanol–water partition coefficient (Wildman–Crippen LogP) is 6.58. The number of carbonyl (C=O) groups excluding carboxylic acids is 1. The lowest BCUT2D eigenvalue weighted by Crippen LogP contribution is -2.33. The van der Waals surface area contributed by atoms with Gasteiger partial charge in [0.1, 0.15) is 29.0 Å². The maximum Gasteiger partial charge on any atom is 0.239 e. The number of rotatable bonds is 11. The largest absolute Gasteiger partial charge is 0.457 e. The van der Waals surface area contributed by atoms with Gasteiger partial charge in [-0.05, 0) is 55.3 Å². The molecule has 2 aromatic heterocycles. The second kappa shape index (κ2) is 12.2. The Balaban J connectivity index is 1.50. The Hall–Kier alpha value is -4.05. The zero-order valence-electron chi connectivity index (χ0n) is 22.9. The number of halogens is 2. The van der Waals surface area contributed by atoms with Crippen LogP contribution in [0, 0.1) is 11.6 Å². The lowest BCUT2D eigenvalue weighted by Gasteiger charge is -2.18. The van der Waals surface area contributed by atoms with Crippen molar-refractivity contribution in [2.75, 3.05) is 30.3 Å². The molecule has 4 rings (SSSR count). The number of ether oxygens (including phenoxy) is 1. The molecular formula is C29H34F2N6O2. The van der Waals surface area contributed by atoms with Crippen molar-refractivity contribution >= 4 is 34.4 Å². The Morgan fingerprint density at radius 1 is 1.08 bits per heavy atom. The number of pyridine rings is 1. The Morgan fingerprint density at radius 2 is 1.85 bits per heavy atom. The average Bonchev–Trinajstić information content (AvgIpc) is 3.19. The first-order valence-corrected chi connectivity index (χ1v) is 13.1. The first-order valence-electron chi connectivity index (χ1n) is 13.1. The molecule has 0 fully saturated rings. The topological polar surface area (TPSA) is 84.3 Å². The molecule has 1 amide bonds. The van der Waals surface area contributed by atoms with Gasteiger partial charge in [-0.2, -0.15) is 0 Å². The summed E-state index contributed by atoms with van der Waals surface area (Å²) in [7, 11) is 1.81. The van der Waals surface area contributed by atoms with Crippen molar-refractivity contribution < 1.29 is 18.3 Å². The fourth-order valence-electron chi connectivity index (χ4n) is 4.31. The van der Waals surface area contributed by atoms with Gasteiger partial charge in [-0.3, -0.25) is 9.69 Å². The number of aryl methyl sites for hydroxylation is 1. The molecule has 0 atom stereocenters. The molecule has 2 N–H and O–H groups in total. The van der Waals surface area contributed by atoms with E-state index in [0.29, 0.717) is 40.9 Å². The summed E-state index contributed by atoms with van der Waals surface area (Å²) in [6, 6.07) is 11.1. The van der Waals surface area contributed by atoms with Gasteiger partial charge in [-0.1, -0.05) is 27.7 Å². The van der Waals surface area contributed by atoms with Crippen molar-refractivity contribution in [2.45, 2.75) is 40.0 Å². The van der Waals surface area contributed by atoms with Gasteiger partial charge < -0.3 is 19.9 Å². The fraction of sp³-hybridized carbons (Fsp3) is 0.345. The van der Waals surface area contributed by atoms with Crippen molar-refractivity contribution in [3.05, 3.63) is 65.9 Å². The van der Waals surface area contributed by atoms with Crippen molar-refractivity contribution in [3.8, 4) is 11.5 Å². The van der Waals surface area contributed by atoms with E-state index in [2.05, 4.69) is 32.4 Å². The second-order valence-electron chi connectivity index (χ2n) is 9.67. The van der Waals surface area contributed by atoms with Crippen LogP contribution in [0.2, 0.25) is 0 Å². The Labute approximate surface area is 227 Å². The minimum Gasteiger partial charge on any atom is -0.457 e. The lowest BCUT2D eigenvalue weighted by molar-refractivity contribution is -0.117. The van der Waals surface area contributed by atoms with Gasteiger partial charge >= 0.3 is 0 Å². The lowest BCUT2D eigenvalue weighted by atomic mass is 10.0. The number of imidazole rings is 1. The minimum atomic E-state index is -0.693. The summed E-state index contributed by atoms with van der Waals surface area (Å²) in [5, 5.41) is 5.81. The van der Waals surface area contributed by atoms with E-state index in [1.54, 1.807) is 42.1 Å². The molecule has 2 aromatic carbocycles. The maximum absolute atomic E-state index is 14.5. The quantitative estimate of drug-likeness (QED) is 0.225. The molecule has 10 heteroatoms. The van der Waals surface area contributed by atoms with Crippen LogP contribution in [0.15, 0.2) is 48.7 Å². The first-order chi connectivity index (χ1) is 18.7. The molecule has 0 unspecified atom stereocenters. The first kappa shape index (κ1) is 28.0. The highest BCUT2D eigenvalue weighted by atomic mass is 19.1. The van der Waals surface area contributed by atoms with Gasteiger partial charge in [0.15, 0.2) is 0 Å². The number of benzene rings is 2. The SMILES string of the molecule is CCCN(CC)CC(=O)Nc1cc(Oc2ccc3c(c2)nc(Nc2cc(C(C)C)c(F)cc2F)n3C)ccn1. The number of amides is 1. The number of carbonyl (C=O) groups is 1. The number of nitrogens with one attached hydrogen (secondary N) is 2. The number of aromatic nitrogens is 3. The molecular weight excluding hydrogens is 502 g/mol. The molecule has 39 heavy (non-hydrogen) atoms. The number of likely N-dealkylation sites (N-methyl/N-ethyl adjacent to an activating group) is 1. The minimum absolute atomic E-state index is 0.0968. The highest BCUT2D eigenvalue weighted by molar-refractivity contribution is 5.91. The molecule has 0 saturated heterocycles. The smallest absolute Gasteiger partial charge is 0.239 e. The summed E-state index contributed by atoms with van der Waals surface area (Å²) < 4.78 is 36.5. The van der Waals surface area contributed by atoms with Crippen LogP contribution in [-0.2, 0) is 11.8 Å². The van der Waals surface area contributed by atoms with E-state index < -0.39 is 11.6 Å². The fourth-order valence-corrected chi connectivity index (χ4v) is 4.31. The summed E-state index contributed by atoms with van der Waals surface area (Å²) in [4.78, 5) is 23.3. The number of hydrogen-bond donors (Lipinski definition) is 2. The summed E-state index contributed by atoms with van der Waals surface area (Å²) >= 11 is 0. The maximum atomic E-state index is 14.5. The zero-order chi connectivity index (χ0) is 28.1. The van der Waals surface area contributed by atoms with E-state index in [0.717, 1.165) is 31.1 Å². The Kier molecular flexibility index (Phi) is 8.75. The van der Waals surface area contributed by atoms with Gasteiger partial charge in [-0.25, -0.2) is 18.7 Å². The predicted molar refractivity (Wildman–Crippen MR) is 150 cm³/mol. The number of nitrogens with zero attached hydrogens (tertiary/aromatic N) is 4. The van der Waals surface area contributed by atoms with E-state index in [1.807, 2.05) is 26.8 Å². The van der Waals surface area contributed by atoms with Crippen LogP contribution in [0.4, 0.5) is 26.2 Å². The molecule has 0 spiro atoms. The molecule has 206 valence electrons. The third kappa shape index (κ3) is 6.69. The number of hydrogen-bond acceptors (Lipinski definition) is 6. The van der Waals surface area contributed by atoms with Crippen LogP contribution in [0.25, 0.3) is 11.0 Å². The van der Waals surface area contributed by atoms with Gasteiger partial charge in [-0.15, -0.1) is 0 Å². The molecule has 0 aliphatic heterocycles. The standard InChI is InChI=1S/C29H34F2N6O2/c1-6-12-37(7-2)17-28(38)35-27-14-20(10-11-32-27)39-19-8-9-26-25(13-19)34-29(36(26)5)33-24-15-21(18(3)4)22(30)16-23(24)31/h8-11,13-16,18H,6-7,12,17H2,1-5H3,(H,33,34)(H,32,35,38). The van der Waals surface area contributed by atoms with Crippen LogP contribution in [-0.4, -0.2) is 45.0 Å². The van der Waals surface area contributed by atoms with E-state index in [1.165, 1.54) is 6.07 Å². The third-order valence-electron chi connectivity index (χ3n) is 6.40. The second-order valence-corrected chi connectivity index (χ2v) is 9.67. The van der Waals surface area contributed by atoms with Crippen LogP contribution in [0.5, 0.6) is 11.5 Å². The highest BCUT2D eigenvalue weighted by Crippen LogP contribution is 2.31. The Bertz CT molecular complexity index is 1470. The van der Waals surface area contributed by atoms with Crippen molar-refractivity contribution in [1.82, 2.24) is 19.4 Å². The molecule has 0 radical (unpaired) electrons. The van der Waals surface area contributed by atoms with Crippen LogP contribution < -0.4 is 15.4 Å². The number of anilines is 3. The zero-order valence-corrected chi connectivity index (χ0v) is 22.9. The average molecular weight is 537 g/mol. The van der Waals surface area contributed by atoms with Gasteiger partial charge in [0, 0.05) is 31.4 Å². The highest BCUT2D eigenvalue weighted by Gasteiger charge is 2.16. The molecule has 0 saturated carbocycles. The van der Waals surface area contributed by atoms with E-state index in [4.69, 9.17) is 4.74 Å². The summed E-state index contributed by atoms with van der Waals surface area (Å²) in [5.41, 5.74) is 2.00. The van der Waals surface area contributed by atoms with Crippen molar-refractivity contribution in [3.63, 3.8) is 0 Å². The summed E-state index contributed by atoms with van der Waals surface area (Å²) in [5.74, 6) is 0.344. The Morgan fingerprint density at radius 3 is 2.56 bits per heavy atom.